The molecule has 0 saturated carbocycles. The molecule has 0 heterocycles. The first-order valence-corrected chi connectivity index (χ1v) is 11.1. The fourth-order valence-electron chi connectivity index (χ4n) is 4.13. The Hall–Kier alpha value is 0.480. The third-order valence-corrected chi connectivity index (χ3v) is 6.19. The van der Waals surface area contributed by atoms with Crippen LogP contribution in [0.1, 0.15) is 126 Å². The van der Waals surface area contributed by atoms with Gasteiger partial charge in [0, 0.05) is 4.32 Å². The third-order valence-electron chi connectivity index (χ3n) is 5.91. The number of unbranched alkanes of at least 4 members (excludes halogenated alkanes) is 7. The summed E-state index contributed by atoms with van der Waals surface area (Å²) >= 11 is 3.90. The van der Waals surface area contributed by atoms with Crippen molar-refractivity contribution >= 4 is 15.9 Å². The standard InChI is InChI=1S/C22H45Br/c1-8-10-12-14-16-18-22(7,17-15-13-11-9-2)20(3,4)19-21(5,6)23/h8-19H2,1-7H3. The predicted molar refractivity (Wildman–Crippen MR) is 112 cm³/mol. The maximum atomic E-state index is 3.90. The second-order valence-electron chi connectivity index (χ2n) is 9.31. The lowest BCUT2D eigenvalue weighted by Gasteiger charge is -2.48. The quantitative estimate of drug-likeness (QED) is 0.205. The van der Waals surface area contributed by atoms with E-state index in [1.807, 2.05) is 0 Å². The van der Waals surface area contributed by atoms with Gasteiger partial charge in [0.05, 0.1) is 0 Å². The average Bonchev–Trinajstić information content (AvgIpc) is 2.40. The van der Waals surface area contributed by atoms with Crippen molar-refractivity contribution < 1.29 is 0 Å². The Morgan fingerprint density at radius 1 is 0.609 bits per heavy atom. The van der Waals surface area contributed by atoms with E-state index in [4.69, 9.17) is 0 Å². The van der Waals surface area contributed by atoms with Crippen molar-refractivity contribution in [3.63, 3.8) is 0 Å². The van der Waals surface area contributed by atoms with Gasteiger partial charge in [-0.05, 0) is 30.1 Å². The van der Waals surface area contributed by atoms with Crippen LogP contribution in [0.4, 0.5) is 0 Å². The summed E-state index contributed by atoms with van der Waals surface area (Å²) in [5.74, 6) is 0. The molecule has 0 bridgehead atoms. The topological polar surface area (TPSA) is 0 Å². The molecule has 0 aliphatic heterocycles. The van der Waals surface area contributed by atoms with Gasteiger partial charge < -0.3 is 0 Å². The van der Waals surface area contributed by atoms with Gasteiger partial charge in [0.25, 0.3) is 0 Å². The van der Waals surface area contributed by atoms with Gasteiger partial charge in [0.2, 0.25) is 0 Å². The Bertz CT molecular complexity index is 287. The highest BCUT2D eigenvalue weighted by Gasteiger charge is 2.42. The number of hydrogen-bond acceptors (Lipinski definition) is 0. The van der Waals surface area contributed by atoms with Gasteiger partial charge in [-0.2, -0.15) is 0 Å². The van der Waals surface area contributed by atoms with Crippen LogP contribution in [0.5, 0.6) is 0 Å². The molecular weight excluding hydrogens is 344 g/mol. The fraction of sp³-hybridized carbons (Fsp3) is 1.00. The Morgan fingerprint density at radius 2 is 1.00 bits per heavy atom. The van der Waals surface area contributed by atoms with Crippen molar-refractivity contribution in [3.05, 3.63) is 0 Å². The number of hydrogen-bond donors (Lipinski definition) is 0. The molecule has 0 aromatic rings. The molecule has 23 heavy (non-hydrogen) atoms. The van der Waals surface area contributed by atoms with Crippen LogP contribution in [0.15, 0.2) is 0 Å². The molecule has 0 aromatic carbocycles. The Labute approximate surface area is 156 Å². The lowest BCUT2D eigenvalue weighted by molar-refractivity contribution is 0.0451. The van der Waals surface area contributed by atoms with Crippen LogP contribution in [0.3, 0.4) is 0 Å². The molecule has 1 unspecified atom stereocenters. The predicted octanol–water partition coefficient (Wildman–Crippen LogP) is 8.91. The van der Waals surface area contributed by atoms with Crippen molar-refractivity contribution in [1.82, 2.24) is 0 Å². The van der Waals surface area contributed by atoms with Crippen molar-refractivity contribution in [1.29, 1.82) is 0 Å². The van der Waals surface area contributed by atoms with Crippen LogP contribution in [0.2, 0.25) is 0 Å². The normalized spacial score (nSPS) is 15.7. The monoisotopic (exact) mass is 388 g/mol. The molecule has 1 atom stereocenters. The first kappa shape index (κ1) is 23.5. The highest BCUT2D eigenvalue weighted by Crippen LogP contribution is 2.52. The summed E-state index contributed by atoms with van der Waals surface area (Å²) in [6.45, 7) is 16.9. The zero-order valence-electron chi connectivity index (χ0n) is 17.4. The van der Waals surface area contributed by atoms with E-state index in [1.54, 1.807) is 0 Å². The van der Waals surface area contributed by atoms with Crippen LogP contribution in [-0.2, 0) is 0 Å². The van der Waals surface area contributed by atoms with Gasteiger partial charge in [-0.25, -0.2) is 0 Å². The van der Waals surface area contributed by atoms with E-state index in [0.717, 1.165) is 0 Å². The average molecular weight is 390 g/mol. The summed E-state index contributed by atoms with van der Waals surface area (Å²) in [6.07, 6.45) is 16.6. The largest absolute Gasteiger partial charge is 0.0859 e. The summed E-state index contributed by atoms with van der Waals surface area (Å²) in [7, 11) is 0. The maximum Gasteiger partial charge on any atom is 0.0207 e. The van der Waals surface area contributed by atoms with Crippen molar-refractivity contribution in [2.24, 2.45) is 10.8 Å². The van der Waals surface area contributed by atoms with Crippen molar-refractivity contribution in [2.45, 2.75) is 130 Å². The summed E-state index contributed by atoms with van der Waals surface area (Å²) in [5.41, 5.74) is 0.856. The van der Waals surface area contributed by atoms with E-state index in [0.29, 0.717) is 10.8 Å². The smallest absolute Gasteiger partial charge is 0.0207 e. The molecule has 0 fully saturated rings. The summed E-state index contributed by atoms with van der Waals surface area (Å²) < 4.78 is 0.239. The van der Waals surface area contributed by atoms with Gasteiger partial charge in [0.15, 0.2) is 0 Å². The molecule has 0 aromatic heterocycles. The van der Waals surface area contributed by atoms with Gasteiger partial charge >= 0.3 is 0 Å². The number of halogens is 1. The molecule has 140 valence electrons. The highest BCUT2D eigenvalue weighted by atomic mass is 79.9. The van der Waals surface area contributed by atoms with Crippen LogP contribution in [-0.4, -0.2) is 4.32 Å². The lowest BCUT2D eigenvalue weighted by atomic mass is 9.59. The van der Waals surface area contributed by atoms with E-state index in [9.17, 15) is 0 Å². The van der Waals surface area contributed by atoms with E-state index in [1.165, 1.54) is 77.0 Å². The maximum absolute atomic E-state index is 3.90. The number of alkyl halides is 1. The molecule has 1 heteroatoms. The minimum Gasteiger partial charge on any atom is -0.0859 e. The molecular formula is C22H45Br. The van der Waals surface area contributed by atoms with Crippen LogP contribution in [0.25, 0.3) is 0 Å². The molecule has 0 spiro atoms. The second-order valence-corrected chi connectivity index (χ2v) is 11.5. The van der Waals surface area contributed by atoms with Crippen molar-refractivity contribution in [2.75, 3.05) is 0 Å². The van der Waals surface area contributed by atoms with Gasteiger partial charge in [0.1, 0.15) is 0 Å². The molecule has 0 saturated heterocycles. The fourth-order valence-corrected chi connectivity index (χ4v) is 4.83. The molecule has 0 N–H and O–H groups in total. The highest BCUT2D eigenvalue weighted by molar-refractivity contribution is 9.10. The van der Waals surface area contributed by atoms with E-state index >= 15 is 0 Å². The minimum absolute atomic E-state index is 0.239. The number of rotatable bonds is 14. The first-order chi connectivity index (χ1) is 10.6. The Balaban J connectivity index is 4.75. The van der Waals surface area contributed by atoms with Gasteiger partial charge in [-0.15, -0.1) is 0 Å². The molecule has 0 aliphatic rings. The zero-order valence-corrected chi connectivity index (χ0v) is 18.9. The van der Waals surface area contributed by atoms with E-state index in [2.05, 4.69) is 64.4 Å². The first-order valence-electron chi connectivity index (χ1n) is 10.3. The molecule has 0 amide bonds. The summed E-state index contributed by atoms with van der Waals surface area (Å²) in [4.78, 5) is 0. The lowest BCUT2D eigenvalue weighted by Crippen LogP contribution is -2.39. The van der Waals surface area contributed by atoms with Gasteiger partial charge in [-0.1, -0.05) is 122 Å². The van der Waals surface area contributed by atoms with E-state index in [-0.39, 0.29) is 4.32 Å². The van der Waals surface area contributed by atoms with E-state index < -0.39 is 0 Å². The summed E-state index contributed by atoms with van der Waals surface area (Å²) in [6, 6.07) is 0. The SMILES string of the molecule is CCCCCCCC(C)(CCCCCC)C(C)(C)CC(C)(C)Br. The third kappa shape index (κ3) is 10.1. The second kappa shape index (κ2) is 11.2. The Morgan fingerprint density at radius 3 is 1.39 bits per heavy atom. The molecule has 0 aliphatic carbocycles. The van der Waals surface area contributed by atoms with Gasteiger partial charge in [-0.3, -0.25) is 0 Å². The Kier molecular flexibility index (Phi) is 11.4. The van der Waals surface area contributed by atoms with Crippen LogP contribution < -0.4 is 0 Å². The minimum atomic E-state index is 0.239. The van der Waals surface area contributed by atoms with Crippen LogP contribution >= 0.6 is 15.9 Å². The zero-order chi connectivity index (χ0) is 18.0. The van der Waals surface area contributed by atoms with Crippen LogP contribution in [0, 0.1) is 10.8 Å². The molecule has 0 nitrogen and oxygen atoms in total. The van der Waals surface area contributed by atoms with Crippen molar-refractivity contribution in [3.8, 4) is 0 Å². The summed E-state index contributed by atoms with van der Waals surface area (Å²) in [5, 5.41) is 0. The molecule has 0 rings (SSSR count). The molecule has 0 radical (unpaired) electrons.